The molecule has 0 bridgehead atoms. The van der Waals surface area contributed by atoms with Crippen LogP contribution in [0.2, 0.25) is 0 Å². The van der Waals surface area contributed by atoms with E-state index in [9.17, 15) is 5.11 Å². The summed E-state index contributed by atoms with van der Waals surface area (Å²) < 4.78 is 1.98. The molecule has 5 rings (SSSR count). The zero-order valence-corrected chi connectivity index (χ0v) is 18.0. The molecular weight excluding hydrogens is 344 g/mol. The van der Waals surface area contributed by atoms with Gasteiger partial charge < -0.3 is 5.11 Å². The van der Waals surface area contributed by atoms with Crippen LogP contribution in [0.3, 0.4) is 0 Å². The van der Waals surface area contributed by atoms with E-state index in [0.717, 1.165) is 36.3 Å². The fourth-order valence-corrected chi connectivity index (χ4v) is 8.14. The molecule has 0 saturated heterocycles. The third-order valence-corrected chi connectivity index (χ3v) is 9.78. The van der Waals surface area contributed by atoms with Crippen molar-refractivity contribution >= 4 is 6.08 Å². The van der Waals surface area contributed by atoms with Crippen LogP contribution in [0, 0.1) is 34.5 Å². The molecule has 3 heteroatoms. The van der Waals surface area contributed by atoms with E-state index in [0.29, 0.717) is 11.3 Å². The zero-order chi connectivity index (χ0) is 19.5. The van der Waals surface area contributed by atoms with Crippen LogP contribution in [0.5, 0.6) is 0 Å². The average Bonchev–Trinajstić information content (AvgIpc) is 3.25. The molecule has 4 aliphatic carbocycles. The third kappa shape index (κ3) is 2.68. The molecule has 0 spiro atoms. The SMILES string of the molecule is CCn1cc(/C=C2\C[C@@H]3[C@H]4CC[C@H]5CCCC[C@]5(C)[C@@H]4CC[C@@]3(C)[C@@H]2O)cn1. The van der Waals surface area contributed by atoms with Crippen molar-refractivity contribution in [2.45, 2.75) is 91.2 Å². The average molecular weight is 383 g/mol. The van der Waals surface area contributed by atoms with Crippen LogP contribution in [0.15, 0.2) is 18.0 Å². The van der Waals surface area contributed by atoms with E-state index in [1.807, 2.05) is 10.9 Å². The number of aromatic nitrogens is 2. The van der Waals surface area contributed by atoms with E-state index in [-0.39, 0.29) is 11.5 Å². The van der Waals surface area contributed by atoms with Gasteiger partial charge in [-0.3, -0.25) is 4.68 Å². The van der Waals surface area contributed by atoms with Gasteiger partial charge in [0.1, 0.15) is 0 Å². The van der Waals surface area contributed by atoms with E-state index >= 15 is 0 Å². The number of aliphatic hydroxyl groups excluding tert-OH is 1. The Balaban J connectivity index is 1.44. The van der Waals surface area contributed by atoms with Crippen molar-refractivity contribution in [3.63, 3.8) is 0 Å². The number of fused-ring (bicyclic) bond motifs is 5. The largest absolute Gasteiger partial charge is 0.388 e. The smallest absolute Gasteiger partial charge is 0.0809 e. The lowest BCUT2D eigenvalue weighted by atomic mass is 9.45. The molecule has 7 atom stereocenters. The van der Waals surface area contributed by atoms with E-state index in [4.69, 9.17) is 0 Å². The maximum absolute atomic E-state index is 11.4. The number of hydrogen-bond acceptors (Lipinski definition) is 2. The number of aliphatic hydroxyl groups is 1. The predicted octanol–water partition coefficient (Wildman–Crippen LogP) is 5.69. The Morgan fingerprint density at radius 2 is 1.96 bits per heavy atom. The van der Waals surface area contributed by atoms with Gasteiger partial charge in [-0.15, -0.1) is 0 Å². The van der Waals surface area contributed by atoms with Gasteiger partial charge in [-0.25, -0.2) is 0 Å². The van der Waals surface area contributed by atoms with Crippen LogP contribution < -0.4 is 0 Å². The third-order valence-electron chi connectivity index (χ3n) is 9.78. The molecule has 0 radical (unpaired) electrons. The Hall–Kier alpha value is -1.09. The highest BCUT2D eigenvalue weighted by Gasteiger charge is 2.60. The van der Waals surface area contributed by atoms with Crippen LogP contribution in [0.1, 0.15) is 84.1 Å². The highest BCUT2D eigenvalue weighted by molar-refractivity contribution is 5.54. The van der Waals surface area contributed by atoms with Gasteiger partial charge in [-0.1, -0.05) is 32.8 Å². The first-order valence-corrected chi connectivity index (χ1v) is 11.9. The number of aryl methyl sites for hydroxylation is 1. The lowest BCUT2D eigenvalue weighted by Crippen LogP contribution is -2.53. The molecule has 28 heavy (non-hydrogen) atoms. The first-order chi connectivity index (χ1) is 13.5. The normalized spacial score (nSPS) is 46.9. The summed E-state index contributed by atoms with van der Waals surface area (Å²) >= 11 is 0. The first-order valence-electron chi connectivity index (χ1n) is 11.9. The first kappa shape index (κ1) is 18.9. The summed E-state index contributed by atoms with van der Waals surface area (Å²) in [7, 11) is 0. The Bertz CT molecular complexity index is 766. The van der Waals surface area contributed by atoms with Gasteiger partial charge in [0.15, 0.2) is 0 Å². The van der Waals surface area contributed by atoms with Crippen molar-refractivity contribution in [1.29, 1.82) is 0 Å². The summed E-state index contributed by atoms with van der Waals surface area (Å²) in [6, 6.07) is 0. The molecule has 4 saturated carbocycles. The maximum Gasteiger partial charge on any atom is 0.0809 e. The van der Waals surface area contributed by atoms with Crippen LogP contribution in [0.4, 0.5) is 0 Å². The second-order valence-corrected chi connectivity index (χ2v) is 10.9. The van der Waals surface area contributed by atoms with Gasteiger partial charge in [0.25, 0.3) is 0 Å². The zero-order valence-electron chi connectivity index (χ0n) is 18.0. The van der Waals surface area contributed by atoms with Crippen molar-refractivity contribution in [3.8, 4) is 0 Å². The molecule has 0 aliphatic heterocycles. The Labute approximate surface area is 170 Å². The van der Waals surface area contributed by atoms with Crippen molar-refractivity contribution in [3.05, 3.63) is 23.5 Å². The van der Waals surface area contributed by atoms with Gasteiger partial charge in [0.05, 0.1) is 12.3 Å². The standard InChI is InChI=1S/C25H38N2O/c1-4-27-16-17(15-26-27)13-18-14-22-20-9-8-19-7-5-6-11-24(19,2)21(20)10-12-25(22,3)23(18)28/h13,15-16,19-23,28H,4-12,14H2,1-3H3/b18-13+/t19-,20+,21-,22-,23-,24+,25-/m1/s1. The minimum Gasteiger partial charge on any atom is -0.388 e. The van der Waals surface area contributed by atoms with E-state index in [2.05, 4.69) is 38.1 Å². The molecule has 1 aromatic heterocycles. The highest BCUT2D eigenvalue weighted by Crippen LogP contribution is 2.67. The van der Waals surface area contributed by atoms with E-state index < -0.39 is 0 Å². The second-order valence-electron chi connectivity index (χ2n) is 10.9. The number of hydrogen-bond donors (Lipinski definition) is 1. The molecule has 0 aromatic carbocycles. The quantitative estimate of drug-likeness (QED) is 0.713. The van der Waals surface area contributed by atoms with Gasteiger partial charge in [0.2, 0.25) is 0 Å². The van der Waals surface area contributed by atoms with Gasteiger partial charge >= 0.3 is 0 Å². The van der Waals surface area contributed by atoms with Crippen LogP contribution >= 0.6 is 0 Å². The molecule has 1 aromatic rings. The Morgan fingerprint density at radius 3 is 2.75 bits per heavy atom. The molecule has 1 N–H and O–H groups in total. The highest BCUT2D eigenvalue weighted by atomic mass is 16.3. The van der Waals surface area contributed by atoms with Crippen molar-refractivity contribution < 1.29 is 5.11 Å². The predicted molar refractivity (Wildman–Crippen MR) is 114 cm³/mol. The molecular formula is C25H38N2O. The summed E-state index contributed by atoms with van der Waals surface area (Å²) in [6.07, 6.45) is 18.3. The van der Waals surface area contributed by atoms with Crippen LogP contribution in [-0.4, -0.2) is 21.0 Å². The van der Waals surface area contributed by atoms with Crippen LogP contribution in [0.25, 0.3) is 6.08 Å². The summed E-state index contributed by atoms with van der Waals surface area (Å²) in [6.45, 7) is 8.05. The summed E-state index contributed by atoms with van der Waals surface area (Å²) in [4.78, 5) is 0. The lowest BCUT2D eigenvalue weighted by molar-refractivity contribution is -0.119. The van der Waals surface area contributed by atoms with E-state index in [1.54, 1.807) is 0 Å². The number of rotatable bonds is 2. The van der Waals surface area contributed by atoms with E-state index in [1.165, 1.54) is 56.9 Å². The summed E-state index contributed by atoms with van der Waals surface area (Å²) in [5.41, 5.74) is 3.06. The lowest BCUT2D eigenvalue weighted by Gasteiger charge is -2.60. The monoisotopic (exact) mass is 382 g/mol. The molecule has 1 heterocycles. The molecule has 3 nitrogen and oxygen atoms in total. The topological polar surface area (TPSA) is 38.0 Å². The minimum absolute atomic E-state index is 0.0750. The van der Waals surface area contributed by atoms with Crippen molar-refractivity contribution in [2.24, 2.45) is 34.5 Å². The minimum atomic E-state index is -0.277. The molecule has 4 fully saturated rings. The number of nitrogens with zero attached hydrogens (tertiary/aromatic N) is 2. The van der Waals surface area contributed by atoms with Crippen molar-refractivity contribution in [2.75, 3.05) is 0 Å². The molecule has 0 unspecified atom stereocenters. The van der Waals surface area contributed by atoms with Crippen molar-refractivity contribution in [1.82, 2.24) is 9.78 Å². The molecule has 0 amide bonds. The molecule has 154 valence electrons. The van der Waals surface area contributed by atoms with Crippen LogP contribution in [-0.2, 0) is 6.54 Å². The molecule has 4 aliphatic rings. The van der Waals surface area contributed by atoms with Gasteiger partial charge in [0, 0.05) is 23.7 Å². The summed E-state index contributed by atoms with van der Waals surface area (Å²) in [5.74, 6) is 3.33. The van der Waals surface area contributed by atoms with Gasteiger partial charge in [-0.2, -0.15) is 5.10 Å². The Morgan fingerprint density at radius 1 is 1.11 bits per heavy atom. The summed E-state index contributed by atoms with van der Waals surface area (Å²) in [5, 5.41) is 15.8. The maximum atomic E-state index is 11.4. The fraction of sp³-hybridized carbons (Fsp3) is 0.800. The van der Waals surface area contributed by atoms with Gasteiger partial charge in [-0.05, 0) is 86.5 Å². The fourth-order valence-electron chi connectivity index (χ4n) is 8.14. The Kier molecular flexibility index (Phi) is 4.54. The second kappa shape index (κ2) is 6.72.